The lowest BCUT2D eigenvalue weighted by molar-refractivity contribution is -0.0463. The summed E-state index contributed by atoms with van der Waals surface area (Å²) in [5, 5.41) is 0. The molecule has 1 heterocycles. The van der Waals surface area contributed by atoms with Gasteiger partial charge in [-0.15, -0.1) is 0 Å². The molecule has 0 radical (unpaired) electrons. The summed E-state index contributed by atoms with van der Waals surface area (Å²) in [6.45, 7) is 1.59. The number of ether oxygens (including phenoxy) is 4. The maximum absolute atomic E-state index is 5.37. The Kier molecular flexibility index (Phi) is 4.78. The molecule has 0 aliphatic carbocycles. The zero-order valence-electron chi connectivity index (χ0n) is 7.62. The first-order valence-electron chi connectivity index (χ1n) is 4.11. The Hall–Kier alpha value is 0.0569. The third-order valence-corrected chi connectivity index (χ3v) is 3.39. The predicted octanol–water partition coefficient (Wildman–Crippen LogP) is -0.896. The number of hydrogen-bond donors (Lipinski definition) is 0. The minimum Gasteiger partial charge on any atom is -0.382 e. The summed E-state index contributed by atoms with van der Waals surface area (Å²) in [6.07, 6.45) is 1.16. The van der Waals surface area contributed by atoms with E-state index in [1.165, 1.54) is 0 Å². The molecule has 12 heavy (non-hydrogen) atoms. The van der Waals surface area contributed by atoms with Gasteiger partial charge in [0.25, 0.3) is 0 Å². The fourth-order valence-electron chi connectivity index (χ4n) is 0.891. The summed E-state index contributed by atoms with van der Waals surface area (Å²) < 4.78 is 20.5. The highest BCUT2D eigenvalue weighted by Gasteiger charge is 2.22. The molecule has 1 aliphatic heterocycles. The van der Waals surface area contributed by atoms with Gasteiger partial charge in [0.1, 0.15) is 21.5 Å². The van der Waals surface area contributed by atoms with Crippen LogP contribution in [0.3, 0.4) is 0 Å². The zero-order valence-corrected chi connectivity index (χ0v) is 9.03. The normalized spacial score (nSPS) is 22.8. The second kappa shape index (κ2) is 5.66. The van der Waals surface area contributed by atoms with E-state index in [9.17, 15) is 0 Å². The van der Waals surface area contributed by atoms with Gasteiger partial charge < -0.3 is 18.9 Å². The van der Waals surface area contributed by atoms with Gasteiger partial charge in [0.15, 0.2) is 0 Å². The number of hydrogen-bond acceptors (Lipinski definition) is 4. The monoisotopic (exact) mass is 192 g/mol. The molecule has 0 aromatic heterocycles. The van der Waals surface area contributed by atoms with Gasteiger partial charge in [0.2, 0.25) is 0 Å². The molecule has 0 aromatic rings. The Labute approximate surface area is 75.0 Å². The van der Waals surface area contributed by atoms with Crippen LogP contribution in [0.1, 0.15) is 0 Å². The predicted molar refractivity (Wildman–Crippen MR) is 46.9 cm³/mol. The molecule has 0 N–H and O–H groups in total. The molecular weight excluding hydrogens is 176 g/mol. The molecule has 0 aromatic carbocycles. The molecule has 4 nitrogen and oxygen atoms in total. The molecule has 1 saturated heterocycles. The summed E-state index contributed by atoms with van der Waals surface area (Å²) in [5.41, 5.74) is 0. The summed E-state index contributed by atoms with van der Waals surface area (Å²) in [7, 11) is 2.90. The number of methoxy groups -OCH3 is 2. The van der Waals surface area contributed by atoms with Crippen LogP contribution in [0.25, 0.3) is 0 Å². The summed E-state index contributed by atoms with van der Waals surface area (Å²) in [4.78, 5) is 0. The van der Waals surface area contributed by atoms with Crippen molar-refractivity contribution in [2.45, 2.75) is 12.0 Å². The maximum atomic E-state index is 5.37. The van der Waals surface area contributed by atoms with Crippen LogP contribution in [-0.4, -0.2) is 55.2 Å². The third kappa shape index (κ3) is 4.17. The van der Waals surface area contributed by atoms with Crippen molar-refractivity contribution in [3.8, 4) is 0 Å². The average molecular weight is 192 g/mol. The lowest BCUT2D eigenvalue weighted by Gasteiger charge is -2.11. The molecule has 1 aliphatic rings. The van der Waals surface area contributed by atoms with Crippen molar-refractivity contribution in [1.82, 2.24) is 0 Å². The van der Waals surface area contributed by atoms with Gasteiger partial charge in [-0.2, -0.15) is 0 Å². The van der Waals surface area contributed by atoms with Gasteiger partial charge in [-0.25, -0.2) is 0 Å². The first-order chi connectivity index (χ1) is 5.86. The van der Waals surface area contributed by atoms with E-state index in [4.69, 9.17) is 18.9 Å². The van der Waals surface area contributed by atoms with Crippen molar-refractivity contribution in [1.29, 1.82) is 0 Å². The van der Waals surface area contributed by atoms with Crippen LogP contribution in [0, 0.1) is 0 Å². The SMILES string of the molecule is COC(OC)[SiH2]COCC1CO1. The quantitative estimate of drug-likeness (QED) is 0.227. The van der Waals surface area contributed by atoms with Gasteiger partial charge >= 0.3 is 0 Å². The van der Waals surface area contributed by atoms with Crippen molar-refractivity contribution in [3.63, 3.8) is 0 Å². The standard InChI is InChI=1S/C7H16O4Si/c1-8-7(9-2)12-5-10-3-6-4-11-6/h6-7H,3-5,12H2,1-2H3. The topological polar surface area (TPSA) is 40.2 Å². The average Bonchev–Trinajstić information content (AvgIpc) is 2.89. The number of rotatable bonds is 7. The van der Waals surface area contributed by atoms with Crippen molar-refractivity contribution < 1.29 is 18.9 Å². The van der Waals surface area contributed by atoms with Crippen LogP contribution >= 0.6 is 0 Å². The fourth-order valence-corrected chi connectivity index (χ4v) is 1.89. The molecule has 0 bridgehead atoms. The molecule has 0 amide bonds. The van der Waals surface area contributed by atoms with Gasteiger partial charge in [-0.05, 0) is 0 Å². The molecule has 1 atom stereocenters. The van der Waals surface area contributed by atoms with E-state index >= 15 is 0 Å². The van der Waals surface area contributed by atoms with E-state index in [-0.39, 0.29) is 5.91 Å². The molecule has 1 fully saturated rings. The lowest BCUT2D eigenvalue weighted by Crippen LogP contribution is -2.26. The molecule has 0 spiro atoms. The summed E-state index contributed by atoms with van der Waals surface area (Å²) >= 11 is 0. The molecule has 72 valence electrons. The smallest absolute Gasteiger partial charge is 0.136 e. The van der Waals surface area contributed by atoms with Crippen LogP contribution in [0.2, 0.25) is 0 Å². The van der Waals surface area contributed by atoms with Crippen molar-refractivity contribution in [3.05, 3.63) is 0 Å². The highest BCUT2D eigenvalue weighted by Crippen LogP contribution is 2.07. The Morgan fingerprint density at radius 3 is 2.67 bits per heavy atom. The minimum atomic E-state index is -0.412. The third-order valence-electron chi connectivity index (χ3n) is 1.73. The van der Waals surface area contributed by atoms with E-state index in [2.05, 4.69) is 0 Å². The lowest BCUT2D eigenvalue weighted by atomic mass is 10.5. The molecule has 1 unspecified atom stereocenters. The second-order valence-electron chi connectivity index (χ2n) is 2.72. The van der Waals surface area contributed by atoms with Crippen LogP contribution in [0.15, 0.2) is 0 Å². The molecular formula is C7H16O4Si. The van der Waals surface area contributed by atoms with E-state index in [0.29, 0.717) is 6.10 Å². The summed E-state index contributed by atoms with van der Waals surface area (Å²) in [6, 6.07) is 0. The van der Waals surface area contributed by atoms with E-state index in [1.54, 1.807) is 14.2 Å². The first kappa shape index (κ1) is 10.1. The Bertz CT molecular complexity index is 114. The first-order valence-corrected chi connectivity index (χ1v) is 5.93. The van der Waals surface area contributed by atoms with E-state index in [0.717, 1.165) is 19.4 Å². The molecule has 5 heteroatoms. The van der Waals surface area contributed by atoms with E-state index < -0.39 is 9.52 Å². The Morgan fingerprint density at radius 1 is 1.50 bits per heavy atom. The second-order valence-corrected chi connectivity index (χ2v) is 4.37. The van der Waals surface area contributed by atoms with E-state index in [1.807, 2.05) is 0 Å². The fraction of sp³-hybridized carbons (Fsp3) is 1.00. The van der Waals surface area contributed by atoms with Crippen molar-refractivity contribution >= 4 is 9.52 Å². The van der Waals surface area contributed by atoms with Crippen LogP contribution in [-0.2, 0) is 18.9 Å². The van der Waals surface area contributed by atoms with Gasteiger partial charge in [0.05, 0.1) is 13.2 Å². The summed E-state index contributed by atoms with van der Waals surface area (Å²) in [5.74, 6) is -0.00915. The molecule has 0 saturated carbocycles. The Balaban J connectivity index is 1.85. The van der Waals surface area contributed by atoms with Crippen LogP contribution < -0.4 is 0 Å². The van der Waals surface area contributed by atoms with Crippen molar-refractivity contribution in [2.75, 3.05) is 33.7 Å². The van der Waals surface area contributed by atoms with Crippen LogP contribution in [0.5, 0.6) is 0 Å². The number of epoxide rings is 1. The van der Waals surface area contributed by atoms with Gasteiger partial charge in [-0.1, -0.05) is 0 Å². The van der Waals surface area contributed by atoms with Gasteiger partial charge in [0, 0.05) is 20.4 Å². The van der Waals surface area contributed by atoms with Crippen molar-refractivity contribution in [2.24, 2.45) is 0 Å². The maximum Gasteiger partial charge on any atom is 0.136 e. The zero-order chi connectivity index (χ0) is 8.81. The minimum absolute atomic E-state index is 0.00915. The molecule has 1 rings (SSSR count). The highest BCUT2D eigenvalue weighted by molar-refractivity contribution is 6.36. The van der Waals surface area contributed by atoms with Gasteiger partial charge in [-0.3, -0.25) is 0 Å². The highest BCUT2D eigenvalue weighted by atomic mass is 28.2. The van der Waals surface area contributed by atoms with Crippen LogP contribution in [0.4, 0.5) is 0 Å². The Morgan fingerprint density at radius 2 is 2.17 bits per heavy atom. The largest absolute Gasteiger partial charge is 0.382 e.